The lowest BCUT2D eigenvalue weighted by Gasteiger charge is -2.14. The van der Waals surface area contributed by atoms with Gasteiger partial charge in [-0.25, -0.2) is 4.98 Å². The second-order valence-electron chi connectivity index (χ2n) is 5.20. The van der Waals surface area contributed by atoms with Gasteiger partial charge in [-0.3, -0.25) is 9.59 Å². The molecule has 1 aliphatic heterocycles. The lowest BCUT2D eigenvalue weighted by molar-refractivity contribution is -0.122. The molecule has 0 bridgehead atoms. The minimum Gasteiger partial charge on any atom is -0.354 e. The summed E-state index contributed by atoms with van der Waals surface area (Å²) in [7, 11) is 0. The molecule has 0 unspecified atom stereocenters. The fourth-order valence-corrected chi connectivity index (χ4v) is 2.50. The number of rotatable bonds is 2. The zero-order valence-electron chi connectivity index (χ0n) is 11.6. The van der Waals surface area contributed by atoms with Crippen LogP contribution < -0.4 is 10.6 Å². The van der Waals surface area contributed by atoms with Crippen molar-refractivity contribution in [2.75, 3.05) is 6.54 Å². The Morgan fingerprint density at radius 3 is 2.95 bits per heavy atom. The standard InChI is InChI=1S/C16H17N3O2/c20-15-13(7-3-4-10-17-15)19-16(21)14-9-8-11-5-1-2-6-12(11)18-14/h1-2,5-6,8-9,13H,3-4,7,10H2,(H,17,20)(H,19,21)/t13-/m1/s1. The molecule has 21 heavy (non-hydrogen) atoms. The SMILES string of the molecule is O=C(N[C@@H]1CCCCNC1=O)c1ccc2ccccc2n1. The van der Waals surface area contributed by atoms with Gasteiger partial charge in [0.1, 0.15) is 11.7 Å². The molecule has 0 spiro atoms. The van der Waals surface area contributed by atoms with Gasteiger partial charge in [0.25, 0.3) is 5.91 Å². The molecule has 108 valence electrons. The monoisotopic (exact) mass is 283 g/mol. The van der Waals surface area contributed by atoms with E-state index in [1.807, 2.05) is 30.3 Å². The highest BCUT2D eigenvalue weighted by atomic mass is 16.2. The van der Waals surface area contributed by atoms with Crippen LogP contribution in [-0.4, -0.2) is 29.4 Å². The molecule has 3 rings (SSSR count). The highest BCUT2D eigenvalue weighted by Crippen LogP contribution is 2.12. The van der Waals surface area contributed by atoms with Crippen molar-refractivity contribution in [3.8, 4) is 0 Å². The molecule has 1 aromatic heterocycles. The third-order valence-corrected chi connectivity index (χ3v) is 3.67. The fourth-order valence-electron chi connectivity index (χ4n) is 2.50. The maximum atomic E-state index is 12.3. The third kappa shape index (κ3) is 3.02. The first-order valence-electron chi connectivity index (χ1n) is 7.18. The van der Waals surface area contributed by atoms with Crippen molar-refractivity contribution in [2.45, 2.75) is 25.3 Å². The zero-order valence-corrected chi connectivity index (χ0v) is 11.6. The van der Waals surface area contributed by atoms with Gasteiger partial charge >= 0.3 is 0 Å². The highest BCUT2D eigenvalue weighted by molar-refractivity contribution is 5.97. The van der Waals surface area contributed by atoms with Crippen LogP contribution >= 0.6 is 0 Å². The number of para-hydroxylation sites is 1. The van der Waals surface area contributed by atoms with Crippen LogP contribution in [0.5, 0.6) is 0 Å². The Morgan fingerprint density at radius 2 is 2.05 bits per heavy atom. The average Bonchev–Trinajstić information content (AvgIpc) is 2.72. The zero-order chi connectivity index (χ0) is 14.7. The van der Waals surface area contributed by atoms with E-state index in [9.17, 15) is 9.59 Å². The number of nitrogens with zero attached hydrogens (tertiary/aromatic N) is 1. The Hall–Kier alpha value is -2.43. The molecule has 1 aromatic carbocycles. The number of amides is 2. The Bertz CT molecular complexity index is 684. The predicted octanol–water partition coefficient (Wildman–Crippen LogP) is 1.63. The number of nitrogens with one attached hydrogen (secondary N) is 2. The molecule has 5 nitrogen and oxygen atoms in total. The molecule has 2 N–H and O–H groups in total. The van der Waals surface area contributed by atoms with Crippen LogP contribution in [0.15, 0.2) is 36.4 Å². The van der Waals surface area contributed by atoms with Gasteiger partial charge in [0.2, 0.25) is 5.91 Å². The van der Waals surface area contributed by atoms with Crippen molar-refractivity contribution >= 4 is 22.7 Å². The summed E-state index contributed by atoms with van der Waals surface area (Å²) in [5.74, 6) is -0.413. The summed E-state index contributed by atoms with van der Waals surface area (Å²) in [4.78, 5) is 28.5. The Kier molecular flexibility index (Phi) is 3.81. The molecule has 1 fully saturated rings. The second kappa shape index (κ2) is 5.91. The Labute approximate surface area is 122 Å². The van der Waals surface area contributed by atoms with Gasteiger partial charge < -0.3 is 10.6 Å². The molecule has 0 radical (unpaired) electrons. The van der Waals surface area contributed by atoms with E-state index < -0.39 is 6.04 Å². The molecular weight excluding hydrogens is 266 g/mol. The van der Waals surface area contributed by atoms with Crippen molar-refractivity contribution in [3.63, 3.8) is 0 Å². The van der Waals surface area contributed by atoms with Crippen LogP contribution in [0, 0.1) is 0 Å². The van der Waals surface area contributed by atoms with Gasteiger partial charge in [0.05, 0.1) is 5.52 Å². The van der Waals surface area contributed by atoms with Gasteiger partial charge in [-0.05, 0) is 31.4 Å². The van der Waals surface area contributed by atoms with Crippen molar-refractivity contribution in [1.82, 2.24) is 15.6 Å². The molecule has 2 heterocycles. The second-order valence-corrected chi connectivity index (χ2v) is 5.20. The number of aromatic nitrogens is 1. The molecular formula is C16H17N3O2. The molecule has 1 atom stereocenters. The summed E-state index contributed by atoms with van der Waals surface area (Å²) in [5.41, 5.74) is 1.11. The van der Waals surface area contributed by atoms with Crippen LogP contribution in [0.25, 0.3) is 10.9 Å². The fraction of sp³-hybridized carbons (Fsp3) is 0.312. The van der Waals surface area contributed by atoms with Crippen LogP contribution in [0.1, 0.15) is 29.8 Å². The smallest absolute Gasteiger partial charge is 0.270 e. The minimum atomic E-state index is -0.465. The maximum absolute atomic E-state index is 12.3. The molecule has 5 heteroatoms. The lowest BCUT2D eigenvalue weighted by atomic mass is 10.1. The van der Waals surface area contributed by atoms with E-state index >= 15 is 0 Å². The van der Waals surface area contributed by atoms with E-state index in [0.717, 1.165) is 23.7 Å². The van der Waals surface area contributed by atoms with Gasteiger partial charge in [-0.2, -0.15) is 0 Å². The summed E-state index contributed by atoms with van der Waals surface area (Å²) in [5, 5.41) is 6.57. The van der Waals surface area contributed by atoms with Crippen molar-refractivity contribution in [2.24, 2.45) is 0 Å². The van der Waals surface area contributed by atoms with E-state index in [1.165, 1.54) is 0 Å². The van der Waals surface area contributed by atoms with E-state index in [2.05, 4.69) is 15.6 Å². The van der Waals surface area contributed by atoms with E-state index in [-0.39, 0.29) is 11.8 Å². The molecule has 2 aromatic rings. The number of carbonyl (C=O) groups excluding carboxylic acids is 2. The van der Waals surface area contributed by atoms with Gasteiger partial charge in [-0.15, -0.1) is 0 Å². The summed E-state index contributed by atoms with van der Waals surface area (Å²) in [6.45, 7) is 0.680. The lowest BCUT2D eigenvalue weighted by Crippen LogP contribution is -2.45. The molecule has 1 aliphatic rings. The molecule has 0 saturated carbocycles. The number of hydrogen-bond acceptors (Lipinski definition) is 3. The summed E-state index contributed by atoms with van der Waals surface area (Å²) in [6.07, 6.45) is 2.55. The number of pyridine rings is 1. The number of fused-ring (bicyclic) bond motifs is 1. The number of benzene rings is 1. The first kappa shape index (κ1) is 13.5. The number of carbonyl (C=O) groups is 2. The van der Waals surface area contributed by atoms with Crippen LogP contribution in [-0.2, 0) is 4.79 Å². The predicted molar refractivity (Wildman–Crippen MR) is 79.9 cm³/mol. The summed E-state index contributed by atoms with van der Waals surface area (Å²) >= 11 is 0. The normalized spacial score (nSPS) is 18.9. The van der Waals surface area contributed by atoms with Crippen LogP contribution in [0.2, 0.25) is 0 Å². The van der Waals surface area contributed by atoms with E-state index in [4.69, 9.17) is 0 Å². The quantitative estimate of drug-likeness (QED) is 0.880. The first-order valence-corrected chi connectivity index (χ1v) is 7.18. The molecule has 1 saturated heterocycles. The van der Waals surface area contributed by atoms with Crippen molar-refractivity contribution in [3.05, 3.63) is 42.1 Å². The topological polar surface area (TPSA) is 71.1 Å². The summed E-state index contributed by atoms with van der Waals surface area (Å²) < 4.78 is 0. The average molecular weight is 283 g/mol. The van der Waals surface area contributed by atoms with Gasteiger partial charge in [-0.1, -0.05) is 24.3 Å². The minimum absolute atomic E-state index is 0.110. The molecule has 0 aliphatic carbocycles. The van der Waals surface area contributed by atoms with E-state index in [0.29, 0.717) is 18.7 Å². The first-order chi connectivity index (χ1) is 10.2. The van der Waals surface area contributed by atoms with Crippen LogP contribution in [0.4, 0.5) is 0 Å². The number of hydrogen-bond donors (Lipinski definition) is 2. The maximum Gasteiger partial charge on any atom is 0.270 e. The Morgan fingerprint density at radius 1 is 1.19 bits per heavy atom. The van der Waals surface area contributed by atoms with Crippen molar-refractivity contribution < 1.29 is 9.59 Å². The van der Waals surface area contributed by atoms with Crippen molar-refractivity contribution in [1.29, 1.82) is 0 Å². The highest BCUT2D eigenvalue weighted by Gasteiger charge is 2.23. The van der Waals surface area contributed by atoms with Gasteiger partial charge in [0.15, 0.2) is 0 Å². The largest absolute Gasteiger partial charge is 0.354 e. The van der Waals surface area contributed by atoms with Gasteiger partial charge in [0, 0.05) is 11.9 Å². The molecule has 2 amide bonds. The van der Waals surface area contributed by atoms with E-state index in [1.54, 1.807) is 6.07 Å². The van der Waals surface area contributed by atoms with Crippen LogP contribution in [0.3, 0.4) is 0 Å². The Balaban J connectivity index is 1.78. The third-order valence-electron chi connectivity index (χ3n) is 3.67. The summed E-state index contributed by atoms with van der Waals surface area (Å²) in [6, 6.07) is 10.7.